The molecule has 0 aliphatic heterocycles. The number of anilines is 1. The second-order valence-corrected chi connectivity index (χ2v) is 7.03. The predicted octanol–water partition coefficient (Wildman–Crippen LogP) is 3.18. The Morgan fingerprint density at radius 2 is 1.76 bits per heavy atom. The minimum Gasteiger partial charge on any atom is -0.269 e. The maximum Gasteiger partial charge on any atom is 0.289 e. The van der Waals surface area contributed by atoms with E-state index in [0.717, 1.165) is 10.4 Å². The normalized spacial score (nSPS) is 11.1. The second kappa shape index (κ2) is 5.82. The highest BCUT2D eigenvalue weighted by Crippen LogP contribution is 2.31. The molecule has 0 aliphatic carbocycles. The van der Waals surface area contributed by atoms with Crippen LogP contribution in [0.2, 0.25) is 0 Å². The quantitative estimate of drug-likeness (QED) is 0.611. The molecular formula is C13H11BrN2O4S. The minimum absolute atomic E-state index is 0.353. The summed E-state index contributed by atoms with van der Waals surface area (Å²) in [6.07, 6.45) is 0. The standard InChI is InChI=1S/C13H11BrN2O4S/c1-15(11-5-3-2-4-6-11)21(19,20)13-9-10(14)7-8-12(13)16(17)18/h2-9H,1H3. The van der Waals surface area contributed by atoms with Crippen LogP contribution >= 0.6 is 15.9 Å². The van der Waals surface area contributed by atoms with Crippen molar-refractivity contribution in [2.75, 3.05) is 11.4 Å². The van der Waals surface area contributed by atoms with Crippen LogP contribution in [0.1, 0.15) is 0 Å². The fraction of sp³-hybridized carbons (Fsp3) is 0.0769. The zero-order valence-corrected chi connectivity index (χ0v) is 13.3. The fourth-order valence-electron chi connectivity index (χ4n) is 1.77. The summed E-state index contributed by atoms with van der Waals surface area (Å²) in [4.78, 5) is 9.98. The Balaban J connectivity index is 2.59. The lowest BCUT2D eigenvalue weighted by molar-refractivity contribution is -0.387. The first-order chi connectivity index (χ1) is 9.84. The van der Waals surface area contributed by atoms with Crippen molar-refractivity contribution in [3.63, 3.8) is 0 Å². The van der Waals surface area contributed by atoms with Crippen molar-refractivity contribution in [3.8, 4) is 0 Å². The summed E-state index contributed by atoms with van der Waals surface area (Å²) in [5.74, 6) is 0. The zero-order chi connectivity index (χ0) is 15.6. The minimum atomic E-state index is -4.03. The van der Waals surface area contributed by atoms with E-state index in [1.807, 2.05) is 0 Å². The van der Waals surface area contributed by atoms with Gasteiger partial charge in [0.15, 0.2) is 4.90 Å². The predicted molar refractivity (Wildman–Crippen MR) is 82.8 cm³/mol. The van der Waals surface area contributed by atoms with E-state index < -0.39 is 20.6 Å². The summed E-state index contributed by atoms with van der Waals surface area (Å²) in [5, 5.41) is 11.0. The molecule has 0 amide bonds. The summed E-state index contributed by atoms with van der Waals surface area (Å²) in [6.45, 7) is 0. The van der Waals surface area contributed by atoms with Crippen LogP contribution in [0.5, 0.6) is 0 Å². The Hall–Kier alpha value is -1.93. The van der Waals surface area contributed by atoms with E-state index in [-0.39, 0.29) is 4.90 Å². The number of para-hydroxylation sites is 1. The Bertz CT molecular complexity index is 778. The molecule has 0 aliphatic rings. The number of halogens is 1. The van der Waals surface area contributed by atoms with E-state index >= 15 is 0 Å². The number of sulfonamides is 1. The largest absolute Gasteiger partial charge is 0.289 e. The molecule has 0 radical (unpaired) electrons. The molecule has 0 aromatic heterocycles. The van der Waals surface area contributed by atoms with Gasteiger partial charge in [-0.15, -0.1) is 0 Å². The number of nitrogens with zero attached hydrogens (tertiary/aromatic N) is 2. The van der Waals surface area contributed by atoms with Gasteiger partial charge in [-0.3, -0.25) is 14.4 Å². The molecule has 0 heterocycles. The third-order valence-electron chi connectivity index (χ3n) is 2.88. The van der Waals surface area contributed by atoms with Gasteiger partial charge >= 0.3 is 0 Å². The maximum absolute atomic E-state index is 12.6. The van der Waals surface area contributed by atoms with Gasteiger partial charge in [0.25, 0.3) is 15.7 Å². The van der Waals surface area contributed by atoms with E-state index in [1.54, 1.807) is 30.3 Å². The number of benzene rings is 2. The van der Waals surface area contributed by atoms with Crippen LogP contribution in [-0.2, 0) is 10.0 Å². The van der Waals surface area contributed by atoms with Crippen LogP contribution in [0.25, 0.3) is 0 Å². The molecule has 2 aromatic carbocycles. The molecule has 0 unspecified atom stereocenters. The topological polar surface area (TPSA) is 80.5 Å². The number of rotatable bonds is 4. The molecule has 0 bridgehead atoms. The Kier molecular flexibility index (Phi) is 4.29. The molecule has 0 N–H and O–H groups in total. The SMILES string of the molecule is CN(c1ccccc1)S(=O)(=O)c1cc(Br)ccc1[N+](=O)[O-]. The van der Waals surface area contributed by atoms with Crippen molar-refractivity contribution < 1.29 is 13.3 Å². The van der Waals surface area contributed by atoms with Crippen LogP contribution in [0.3, 0.4) is 0 Å². The first kappa shape index (κ1) is 15.5. The highest BCUT2D eigenvalue weighted by Gasteiger charge is 2.30. The average Bonchev–Trinajstić information content (AvgIpc) is 2.47. The highest BCUT2D eigenvalue weighted by molar-refractivity contribution is 9.10. The van der Waals surface area contributed by atoms with Gasteiger partial charge in [0.1, 0.15) is 0 Å². The van der Waals surface area contributed by atoms with Crippen molar-refractivity contribution in [1.29, 1.82) is 0 Å². The van der Waals surface area contributed by atoms with Gasteiger partial charge in [-0.05, 0) is 24.3 Å². The number of nitro groups is 1. The van der Waals surface area contributed by atoms with E-state index in [4.69, 9.17) is 0 Å². The maximum atomic E-state index is 12.6. The van der Waals surface area contributed by atoms with Crippen LogP contribution in [0.15, 0.2) is 57.9 Å². The Labute approximate surface area is 130 Å². The van der Waals surface area contributed by atoms with Crippen LogP contribution < -0.4 is 4.31 Å². The van der Waals surface area contributed by atoms with Gasteiger partial charge < -0.3 is 0 Å². The first-order valence-electron chi connectivity index (χ1n) is 5.82. The molecule has 0 fully saturated rings. The van der Waals surface area contributed by atoms with Crippen molar-refractivity contribution in [1.82, 2.24) is 0 Å². The fourth-order valence-corrected chi connectivity index (χ4v) is 3.66. The van der Waals surface area contributed by atoms with Crippen molar-refractivity contribution >= 4 is 37.3 Å². The summed E-state index contributed by atoms with van der Waals surface area (Å²) in [6, 6.07) is 12.2. The number of nitro benzene ring substituents is 1. The molecule has 21 heavy (non-hydrogen) atoms. The van der Waals surface area contributed by atoms with Crippen molar-refractivity contribution in [3.05, 3.63) is 63.1 Å². The molecule has 110 valence electrons. The lowest BCUT2D eigenvalue weighted by Gasteiger charge is -2.19. The van der Waals surface area contributed by atoms with E-state index in [2.05, 4.69) is 15.9 Å². The first-order valence-corrected chi connectivity index (χ1v) is 8.05. The monoisotopic (exact) mass is 370 g/mol. The van der Waals surface area contributed by atoms with E-state index in [0.29, 0.717) is 10.2 Å². The van der Waals surface area contributed by atoms with Crippen LogP contribution in [-0.4, -0.2) is 20.4 Å². The van der Waals surface area contributed by atoms with Crippen molar-refractivity contribution in [2.24, 2.45) is 0 Å². The summed E-state index contributed by atoms with van der Waals surface area (Å²) < 4.78 is 26.7. The van der Waals surface area contributed by atoms with Gasteiger partial charge in [-0.1, -0.05) is 34.1 Å². The molecule has 0 saturated heterocycles. The van der Waals surface area contributed by atoms with Gasteiger partial charge in [0.05, 0.1) is 10.6 Å². The number of hydrogen-bond donors (Lipinski definition) is 0. The zero-order valence-electron chi connectivity index (χ0n) is 10.9. The van der Waals surface area contributed by atoms with Crippen molar-refractivity contribution in [2.45, 2.75) is 4.90 Å². The molecule has 2 aromatic rings. The third kappa shape index (κ3) is 3.06. The van der Waals surface area contributed by atoms with E-state index in [9.17, 15) is 18.5 Å². The van der Waals surface area contributed by atoms with E-state index in [1.165, 1.54) is 19.2 Å². The molecule has 0 atom stereocenters. The lowest BCUT2D eigenvalue weighted by Crippen LogP contribution is -2.27. The molecule has 0 spiro atoms. The lowest BCUT2D eigenvalue weighted by atomic mass is 10.3. The van der Waals surface area contributed by atoms with Gasteiger partial charge in [-0.2, -0.15) is 0 Å². The van der Waals surface area contributed by atoms with Gasteiger partial charge in [-0.25, -0.2) is 8.42 Å². The van der Waals surface area contributed by atoms with Crippen LogP contribution in [0.4, 0.5) is 11.4 Å². The summed E-state index contributed by atoms with van der Waals surface area (Å²) in [5.41, 5.74) is -0.0345. The summed E-state index contributed by atoms with van der Waals surface area (Å²) >= 11 is 3.14. The third-order valence-corrected chi connectivity index (χ3v) is 5.18. The van der Waals surface area contributed by atoms with Gasteiger partial charge in [0.2, 0.25) is 0 Å². The molecular weight excluding hydrogens is 360 g/mol. The molecule has 2 rings (SSSR count). The number of hydrogen-bond acceptors (Lipinski definition) is 4. The highest BCUT2D eigenvalue weighted by atomic mass is 79.9. The summed E-state index contributed by atoms with van der Waals surface area (Å²) in [7, 11) is -2.67. The Morgan fingerprint density at radius 3 is 2.33 bits per heavy atom. The molecule has 6 nitrogen and oxygen atoms in total. The van der Waals surface area contributed by atoms with Crippen LogP contribution in [0, 0.1) is 10.1 Å². The molecule has 8 heteroatoms. The molecule has 0 saturated carbocycles. The van der Waals surface area contributed by atoms with Gasteiger partial charge in [0, 0.05) is 17.6 Å². The Morgan fingerprint density at radius 1 is 1.14 bits per heavy atom. The average molecular weight is 371 g/mol. The smallest absolute Gasteiger partial charge is 0.269 e. The second-order valence-electron chi connectivity index (χ2n) is 4.18.